The van der Waals surface area contributed by atoms with Crippen molar-refractivity contribution in [2.45, 2.75) is 39.3 Å². The number of anilines is 2. The van der Waals surface area contributed by atoms with Crippen LogP contribution in [0.1, 0.15) is 43.1 Å². The van der Waals surface area contributed by atoms with Crippen molar-refractivity contribution in [2.75, 3.05) is 50.0 Å². The van der Waals surface area contributed by atoms with Crippen LogP contribution in [0.3, 0.4) is 0 Å². The van der Waals surface area contributed by atoms with E-state index >= 15 is 0 Å². The predicted octanol–water partition coefficient (Wildman–Crippen LogP) is 4.16. The first-order valence-electron chi connectivity index (χ1n) is 11.3. The maximum atomic E-state index is 12.7. The summed E-state index contributed by atoms with van der Waals surface area (Å²) < 4.78 is 10.6. The second-order valence-corrected chi connectivity index (χ2v) is 9.70. The molecule has 8 nitrogen and oxygen atoms in total. The molecule has 1 saturated heterocycles. The molecule has 2 aromatic rings. The Kier molecular flexibility index (Phi) is 9.25. The predicted molar refractivity (Wildman–Crippen MR) is 132 cm³/mol. The first-order valence-corrected chi connectivity index (χ1v) is 12.2. The molecule has 9 heteroatoms. The molecular weight excluding hydrogens is 440 g/mol. The fourth-order valence-corrected chi connectivity index (χ4v) is 4.07. The molecule has 1 aliphatic rings. The van der Waals surface area contributed by atoms with Crippen LogP contribution >= 0.6 is 11.3 Å². The zero-order valence-electron chi connectivity index (χ0n) is 19.6. The lowest BCUT2D eigenvalue weighted by Crippen LogP contribution is -2.37. The van der Waals surface area contributed by atoms with Gasteiger partial charge in [0.15, 0.2) is 0 Å². The summed E-state index contributed by atoms with van der Waals surface area (Å²) in [5.41, 5.74) is 2.15. The Morgan fingerprint density at radius 2 is 1.73 bits per heavy atom. The number of thiophene rings is 1. The monoisotopic (exact) mass is 474 g/mol. The van der Waals surface area contributed by atoms with Crippen LogP contribution in [0.4, 0.5) is 16.2 Å². The molecule has 1 aromatic carbocycles. The van der Waals surface area contributed by atoms with Crippen LogP contribution in [0.2, 0.25) is 0 Å². The fraction of sp³-hybridized carbons (Fsp3) is 0.500. The van der Waals surface area contributed by atoms with Gasteiger partial charge in [0.2, 0.25) is 0 Å². The average molecular weight is 475 g/mol. The van der Waals surface area contributed by atoms with Crippen LogP contribution in [-0.4, -0.2) is 61.9 Å². The highest BCUT2D eigenvalue weighted by molar-refractivity contribution is 7.09. The number of benzene rings is 1. The topological polar surface area (TPSA) is 91.9 Å². The zero-order chi connectivity index (χ0) is 23.7. The van der Waals surface area contributed by atoms with Crippen molar-refractivity contribution in [1.82, 2.24) is 10.2 Å². The van der Waals surface area contributed by atoms with Gasteiger partial charge in [-0.1, -0.05) is 12.1 Å². The minimum absolute atomic E-state index is 0.231. The van der Waals surface area contributed by atoms with E-state index in [1.807, 2.05) is 24.3 Å². The minimum atomic E-state index is -0.594. The molecule has 1 aliphatic heterocycles. The molecule has 0 spiro atoms. The Morgan fingerprint density at radius 1 is 1.06 bits per heavy atom. The van der Waals surface area contributed by atoms with E-state index in [4.69, 9.17) is 9.47 Å². The van der Waals surface area contributed by atoms with Crippen LogP contribution in [0.5, 0.6) is 0 Å². The summed E-state index contributed by atoms with van der Waals surface area (Å²) in [5.74, 6) is -0.231. The van der Waals surface area contributed by atoms with Crippen molar-refractivity contribution >= 4 is 34.7 Å². The van der Waals surface area contributed by atoms with Crippen LogP contribution in [0, 0.1) is 0 Å². The average Bonchev–Trinajstić information content (AvgIpc) is 3.19. The van der Waals surface area contributed by atoms with Crippen molar-refractivity contribution in [1.29, 1.82) is 0 Å². The Hall–Kier alpha value is -2.46. The standard InChI is InChI=1S/C24H34N4O4S/c1-24(2,3)32-23(30)27-21-17-33-16-20(21)26-22(29)19-7-5-18(6-8-19)15-25-9-4-10-28-11-13-31-14-12-28/h5-8,16-17,25H,4,9-15H2,1-3H3,(H,26,29)(H,27,30). The molecule has 2 heterocycles. The Bertz CT molecular complexity index is 902. The van der Waals surface area contributed by atoms with Gasteiger partial charge in [-0.3, -0.25) is 15.0 Å². The summed E-state index contributed by atoms with van der Waals surface area (Å²) in [6.07, 6.45) is 0.541. The summed E-state index contributed by atoms with van der Waals surface area (Å²) in [6, 6.07) is 7.54. The number of nitrogens with zero attached hydrogens (tertiary/aromatic N) is 1. The molecular formula is C24H34N4O4S. The summed E-state index contributed by atoms with van der Waals surface area (Å²) in [5, 5.41) is 12.5. The van der Waals surface area contributed by atoms with Gasteiger partial charge in [-0.25, -0.2) is 4.79 Å². The molecule has 0 radical (unpaired) electrons. The number of hydrogen-bond donors (Lipinski definition) is 3. The molecule has 3 rings (SSSR count). The van der Waals surface area contributed by atoms with Gasteiger partial charge in [0.1, 0.15) is 5.60 Å². The Morgan fingerprint density at radius 3 is 2.39 bits per heavy atom. The van der Waals surface area contributed by atoms with E-state index in [9.17, 15) is 9.59 Å². The molecule has 0 bridgehead atoms. The molecule has 0 unspecified atom stereocenters. The molecule has 3 N–H and O–H groups in total. The summed E-state index contributed by atoms with van der Waals surface area (Å²) >= 11 is 1.39. The molecule has 0 saturated carbocycles. The van der Waals surface area contributed by atoms with Crippen LogP contribution in [0.15, 0.2) is 35.0 Å². The highest BCUT2D eigenvalue weighted by Gasteiger charge is 2.18. The smallest absolute Gasteiger partial charge is 0.412 e. The van der Waals surface area contributed by atoms with Crippen LogP contribution in [-0.2, 0) is 16.0 Å². The first-order chi connectivity index (χ1) is 15.8. The highest BCUT2D eigenvalue weighted by atomic mass is 32.1. The number of carbonyl (C=O) groups is 2. The van der Waals surface area contributed by atoms with Gasteiger partial charge in [-0.05, 0) is 58.0 Å². The van der Waals surface area contributed by atoms with E-state index in [2.05, 4.69) is 20.9 Å². The molecule has 180 valence electrons. The van der Waals surface area contributed by atoms with Gasteiger partial charge in [0.25, 0.3) is 5.91 Å². The number of morpholine rings is 1. The van der Waals surface area contributed by atoms with Crippen molar-refractivity contribution in [3.63, 3.8) is 0 Å². The third kappa shape index (κ3) is 8.77. The van der Waals surface area contributed by atoms with E-state index in [1.54, 1.807) is 31.5 Å². The molecule has 1 fully saturated rings. The third-order valence-corrected chi connectivity index (χ3v) is 5.77. The largest absolute Gasteiger partial charge is 0.444 e. The minimum Gasteiger partial charge on any atom is -0.444 e. The van der Waals surface area contributed by atoms with Crippen molar-refractivity contribution in [2.24, 2.45) is 0 Å². The van der Waals surface area contributed by atoms with Gasteiger partial charge >= 0.3 is 6.09 Å². The van der Waals surface area contributed by atoms with E-state index in [0.717, 1.165) is 57.9 Å². The number of nitrogens with one attached hydrogen (secondary N) is 3. The maximum absolute atomic E-state index is 12.7. The van der Waals surface area contributed by atoms with Gasteiger partial charge < -0.3 is 20.1 Å². The SMILES string of the molecule is CC(C)(C)OC(=O)Nc1cscc1NC(=O)c1ccc(CNCCCN2CCOCC2)cc1. The molecule has 33 heavy (non-hydrogen) atoms. The van der Waals surface area contributed by atoms with Crippen LogP contribution in [0.25, 0.3) is 0 Å². The number of carbonyl (C=O) groups excluding carboxylic acids is 2. The van der Waals surface area contributed by atoms with Crippen LogP contribution < -0.4 is 16.0 Å². The normalized spacial score (nSPS) is 14.6. The van der Waals surface area contributed by atoms with E-state index in [-0.39, 0.29) is 5.91 Å². The molecule has 0 aliphatic carbocycles. The van der Waals surface area contributed by atoms with Gasteiger partial charge in [0.05, 0.1) is 24.6 Å². The summed E-state index contributed by atoms with van der Waals surface area (Å²) in [7, 11) is 0. The van der Waals surface area contributed by atoms with Crippen molar-refractivity contribution < 1.29 is 19.1 Å². The molecule has 1 aromatic heterocycles. The zero-order valence-corrected chi connectivity index (χ0v) is 20.4. The maximum Gasteiger partial charge on any atom is 0.412 e. The van der Waals surface area contributed by atoms with E-state index < -0.39 is 11.7 Å². The summed E-state index contributed by atoms with van der Waals surface area (Å²) in [4.78, 5) is 27.1. The van der Waals surface area contributed by atoms with Crippen molar-refractivity contribution in [3.05, 3.63) is 46.2 Å². The lowest BCUT2D eigenvalue weighted by atomic mass is 10.1. The molecule has 2 amide bonds. The number of amides is 2. The van der Waals surface area contributed by atoms with Gasteiger partial charge in [0, 0.05) is 36.0 Å². The molecule has 0 atom stereocenters. The number of rotatable bonds is 9. The Labute approximate surface area is 199 Å². The summed E-state index contributed by atoms with van der Waals surface area (Å²) in [6.45, 7) is 11.9. The third-order valence-electron chi connectivity index (χ3n) is 5.02. The van der Waals surface area contributed by atoms with Gasteiger partial charge in [-0.2, -0.15) is 0 Å². The van der Waals surface area contributed by atoms with Crippen molar-refractivity contribution in [3.8, 4) is 0 Å². The quantitative estimate of drug-likeness (QED) is 0.473. The highest BCUT2D eigenvalue weighted by Crippen LogP contribution is 2.27. The Balaban J connectivity index is 1.42. The van der Waals surface area contributed by atoms with Gasteiger partial charge in [-0.15, -0.1) is 11.3 Å². The number of hydrogen-bond acceptors (Lipinski definition) is 7. The fourth-order valence-electron chi connectivity index (χ4n) is 3.36. The lowest BCUT2D eigenvalue weighted by molar-refractivity contribution is 0.0374. The first kappa shape index (κ1) is 25.2. The van der Waals surface area contributed by atoms with E-state index in [0.29, 0.717) is 16.9 Å². The second-order valence-electron chi connectivity index (χ2n) is 8.96. The second kappa shape index (κ2) is 12.1. The lowest BCUT2D eigenvalue weighted by Gasteiger charge is -2.26. The van der Waals surface area contributed by atoms with E-state index in [1.165, 1.54) is 11.3 Å². The number of ether oxygens (including phenoxy) is 2.